The van der Waals surface area contributed by atoms with E-state index in [9.17, 15) is 14.4 Å². The van der Waals surface area contributed by atoms with Crippen LogP contribution in [0.25, 0.3) is 15.9 Å². The summed E-state index contributed by atoms with van der Waals surface area (Å²) in [5.41, 5.74) is 0.724. The average molecular weight is 458 g/mol. The van der Waals surface area contributed by atoms with Crippen LogP contribution >= 0.6 is 22.9 Å². The van der Waals surface area contributed by atoms with Crippen LogP contribution < -0.4 is 11.2 Å². The van der Waals surface area contributed by atoms with Crippen LogP contribution in [0.15, 0.2) is 33.9 Å². The maximum atomic E-state index is 13.5. The third kappa shape index (κ3) is 3.44. The molecule has 0 N–H and O–H groups in total. The number of benzene rings is 1. The van der Waals surface area contributed by atoms with E-state index in [1.165, 1.54) is 20.5 Å². The largest absolute Gasteiger partial charge is 0.338 e. The first kappa shape index (κ1) is 20.5. The van der Waals surface area contributed by atoms with Crippen LogP contribution in [0.2, 0.25) is 5.02 Å². The molecule has 162 valence electrons. The monoisotopic (exact) mass is 457 g/mol. The Hall–Kier alpha value is -2.38. The first-order valence-corrected chi connectivity index (χ1v) is 12.0. The smallest absolute Gasteiger partial charge is 0.337 e. The summed E-state index contributed by atoms with van der Waals surface area (Å²) in [5, 5.41) is 1.12. The Morgan fingerprint density at radius 2 is 1.90 bits per heavy atom. The molecule has 2 aliphatic rings. The summed E-state index contributed by atoms with van der Waals surface area (Å²) in [6, 6.07) is 6.83. The fourth-order valence-electron chi connectivity index (χ4n) is 4.86. The molecule has 3 aromatic rings. The molecule has 6 nitrogen and oxygen atoms in total. The second-order valence-electron chi connectivity index (χ2n) is 8.46. The van der Waals surface area contributed by atoms with Crippen LogP contribution in [0.1, 0.15) is 43.0 Å². The van der Waals surface area contributed by atoms with Gasteiger partial charge in [-0.05, 0) is 75.3 Å². The zero-order chi connectivity index (χ0) is 21.7. The molecule has 0 radical (unpaired) electrons. The molecule has 31 heavy (non-hydrogen) atoms. The molecule has 1 fully saturated rings. The first-order valence-electron chi connectivity index (χ1n) is 10.8. The Bertz CT molecular complexity index is 1290. The van der Waals surface area contributed by atoms with Crippen molar-refractivity contribution >= 4 is 39.1 Å². The molecular formula is C23H24ClN3O3S. The molecular weight excluding hydrogens is 434 g/mol. The minimum absolute atomic E-state index is 0.0487. The van der Waals surface area contributed by atoms with Crippen molar-refractivity contribution in [3.05, 3.63) is 60.6 Å². The fourth-order valence-corrected chi connectivity index (χ4v) is 6.36. The van der Waals surface area contributed by atoms with Crippen molar-refractivity contribution in [1.82, 2.24) is 14.0 Å². The molecule has 0 saturated carbocycles. The van der Waals surface area contributed by atoms with E-state index in [-0.39, 0.29) is 24.1 Å². The number of fused-ring (bicyclic) bond motifs is 3. The van der Waals surface area contributed by atoms with Gasteiger partial charge in [0.2, 0.25) is 5.91 Å². The van der Waals surface area contributed by atoms with E-state index in [4.69, 9.17) is 11.6 Å². The van der Waals surface area contributed by atoms with E-state index >= 15 is 0 Å². The number of carbonyl (C=O) groups excluding carboxylic acids is 1. The Morgan fingerprint density at radius 1 is 1.13 bits per heavy atom. The van der Waals surface area contributed by atoms with Gasteiger partial charge in [-0.2, -0.15) is 0 Å². The number of hydrogen-bond acceptors (Lipinski definition) is 4. The number of piperidine rings is 1. The van der Waals surface area contributed by atoms with Gasteiger partial charge in [0, 0.05) is 22.5 Å². The Kier molecular flexibility index (Phi) is 5.26. The molecule has 5 rings (SSSR count). The predicted molar refractivity (Wildman–Crippen MR) is 124 cm³/mol. The SMILES string of the molecule is C[C@H]1CCCCN1C(=O)Cn1c(=O)n(-c2ccc(Cl)cc2)c(=O)c2c3c(sc21)CCC3. The van der Waals surface area contributed by atoms with Gasteiger partial charge >= 0.3 is 5.69 Å². The van der Waals surface area contributed by atoms with E-state index in [1.807, 2.05) is 4.90 Å². The number of rotatable bonds is 3. The number of halogens is 1. The lowest BCUT2D eigenvalue weighted by Crippen LogP contribution is -2.46. The second-order valence-corrected chi connectivity index (χ2v) is 9.98. The highest BCUT2D eigenvalue weighted by Crippen LogP contribution is 2.35. The molecule has 1 saturated heterocycles. The van der Waals surface area contributed by atoms with Crippen molar-refractivity contribution < 1.29 is 4.79 Å². The summed E-state index contributed by atoms with van der Waals surface area (Å²) in [6.07, 6.45) is 5.85. The maximum Gasteiger partial charge on any atom is 0.337 e. The third-order valence-electron chi connectivity index (χ3n) is 6.49. The van der Waals surface area contributed by atoms with Crippen molar-refractivity contribution in [3.8, 4) is 5.69 Å². The number of nitrogens with zero attached hydrogens (tertiary/aromatic N) is 3. The number of aromatic nitrogens is 2. The van der Waals surface area contributed by atoms with Gasteiger partial charge in [0.05, 0.1) is 11.1 Å². The highest BCUT2D eigenvalue weighted by Gasteiger charge is 2.28. The number of amides is 1. The van der Waals surface area contributed by atoms with E-state index in [0.29, 0.717) is 20.9 Å². The topological polar surface area (TPSA) is 64.3 Å². The normalized spacial score (nSPS) is 18.5. The molecule has 0 spiro atoms. The summed E-state index contributed by atoms with van der Waals surface area (Å²) in [4.78, 5) is 43.9. The highest BCUT2D eigenvalue weighted by molar-refractivity contribution is 7.19. The molecule has 0 unspecified atom stereocenters. The van der Waals surface area contributed by atoms with E-state index in [1.54, 1.807) is 24.3 Å². The lowest BCUT2D eigenvalue weighted by molar-refractivity contribution is -0.135. The van der Waals surface area contributed by atoms with Gasteiger partial charge in [-0.15, -0.1) is 11.3 Å². The molecule has 2 aromatic heterocycles. The molecule has 8 heteroatoms. The Balaban J connectivity index is 1.70. The molecule has 3 heterocycles. The van der Waals surface area contributed by atoms with Gasteiger partial charge in [-0.25, -0.2) is 9.36 Å². The molecule has 0 bridgehead atoms. The fraction of sp³-hybridized carbons (Fsp3) is 0.435. The summed E-state index contributed by atoms with van der Waals surface area (Å²) < 4.78 is 2.70. The van der Waals surface area contributed by atoms with Gasteiger partial charge < -0.3 is 4.90 Å². The van der Waals surface area contributed by atoms with Crippen LogP contribution in [0.4, 0.5) is 0 Å². The zero-order valence-corrected chi connectivity index (χ0v) is 19.0. The number of aryl methyl sites for hydroxylation is 2. The predicted octanol–water partition coefficient (Wildman–Crippen LogP) is 3.76. The van der Waals surface area contributed by atoms with Crippen molar-refractivity contribution in [3.63, 3.8) is 0 Å². The Labute approximate surface area is 188 Å². The molecule has 1 aliphatic carbocycles. The van der Waals surface area contributed by atoms with Gasteiger partial charge in [-0.1, -0.05) is 11.6 Å². The maximum absolute atomic E-state index is 13.5. The summed E-state index contributed by atoms with van der Waals surface area (Å²) >= 11 is 7.51. The Morgan fingerprint density at radius 3 is 2.65 bits per heavy atom. The van der Waals surface area contributed by atoms with Gasteiger partial charge in [-0.3, -0.25) is 14.2 Å². The minimum atomic E-state index is -0.474. The molecule has 1 aliphatic heterocycles. The summed E-state index contributed by atoms with van der Waals surface area (Å²) in [6.45, 7) is 2.73. The number of thiophene rings is 1. The summed E-state index contributed by atoms with van der Waals surface area (Å²) in [7, 11) is 0. The lowest BCUT2D eigenvalue weighted by atomic mass is 10.0. The third-order valence-corrected chi connectivity index (χ3v) is 8.06. The molecule has 1 atom stereocenters. The van der Waals surface area contributed by atoms with E-state index in [0.717, 1.165) is 55.5 Å². The van der Waals surface area contributed by atoms with Crippen molar-refractivity contribution in [1.29, 1.82) is 0 Å². The minimum Gasteiger partial charge on any atom is -0.338 e. The van der Waals surface area contributed by atoms with Crippen LogP contribution in [-0.4, -0.2) is 32.5 Å². The van der Waals surface area contributed by atoms with E-state index in [2.05, 4.69) is 6.92 Å². The van der Waals surface area contributed by atoms with Crippen LogP contribution in [0.5, 0.6) is 0 Å². The average Bonchev–Trinajstić information content (AvgIpc) is 3.34. The lowest BCUT2D eigenvalue weighted by Gasteiger charge is -2.33. The first-order chi connectivity index (χ1) is 15.0. The van der Waals surface area contributed by atoms with E-state index < -0.39 is 5.69 Å². The highest BCUT2D eigenvalue weighted by atomic mass is 35.5. The van der Waals surface area contributed by atoms with Crippen LogP contribution in [0.3, 0.4) is 0 Å². The van der Waals surface area contributed by atoms with Gasteiger partial charge in [0.1, 0.15) is 11.4 Å². The zero-order valence-electron chi connectivity index (χ0n) is 17.4. The number of hydrogen-bond donors (Lipinski definition) is 0. The van der Waals surface area contributed by atoms with Gasteiger partial charge in [0.15, 0.2) is 0 Å². The summed E-state index contributed by atoms with van der Waals surface area (Å²) in [5.74, 6) is -0.0644. The van der Waals surface area contributed by atoms with Crippen molar-refractivity contribution in [2.24, 2.45) is 0 Å². The molecule has 1 amide bonds. The van der Waals surface area contributed by atoms with Crippen molar-refractivity contribution in [2.45, 2.75) is 58.0 Å². The van der Waals surface area contributed by atoms with Crippen LogP contribution in [-0.2, 0) is 24.2 Å². The van der Waals surface area contributed by atoms with Crippen molar-refractivity contribution in [2.75, 3.05) is 6.54 Å². The van der Waals surface area contributed by atoms with Crippen LogP contribution in [0, 0.1) is 0 Å². The molecule has 1 aromatic carbocycles. The van der Waals surface area contributed by atoms with Gasteiger partial charge in [0.25, 0.3) is 5.56 Å². The number of carbonyl (C=O) groups is 1. The standard InChI is InChI=1S/C23H24ClN3O3S/c1-14-5-2-3-12-25(14)19(28)13-26-22-20(17-6-4-7-18(17)31-22)21(29)27(23(26)30)16-10-8-15(24)9-11-16/h8-11,14H,2-7,12-13H2,1H3/t14-/m0/s1. The number of likely N-dealkylation sites (tertiary alicyclic amines) is 1. The quantitative estimate of drug-likeness (QED) is 0.601. The second kappa shape index (κ2) is 7.95.